The molecule has 0 fully saturated rings. The Labute approximate surface area is 122 Å². The first-order valence-electron chi connectivity index (χ1n) is 6.03. The number of sulfonamides is 1. The predicted molar refractivity (Wildman–Crippen MR) is 78.2 cm³/mol. The first kappa shape index (κ1) is 15.0. The van der Waals surface area contributed by atoms with Crippen LogP contribution < -0.4 is 4.72 Å². The number of nitrogens with one attached hydrogen (secondary N) is 2. The van der Waals surface area contributed by atoms with E-state index in [0.29, 0.717) is 17.6 Å². The summed E-state index contributed by atoms with van der Waals surface area (Å²) in [5, 5.41) is 0.126. The van der Waals surface area contributed by atoms with Gasteiger partial charge in [-0.05, 0) is 11.8 Å². The summed E-state index contributed by atoms with van der Waals surface area (Å²) >= 11 is 5.92. The summed E-state index contributed by atoms with van der Waals surface area (Å²) < 4.78 is 26.3. The molecule has 0 saturated heterocycles. The molecule has 0 radical (unpaired) electrons. The topological polar surface area (TPSA) is 101 Å². The molecule has 110 valence electrons. The number of H-pyrrole nitrogens is 1. The molecule has 0 aliphatic carbocycles. The van der Waals surface area contributed by atoms with Crippen molar-refractivity contribution < 1.29 is 8.42 Å². The second-order valence-electron chi connectivity index (χ2n) is 5.67. The maximum Gasteiger partial charge on any atom is 0.240 e. The quantitative estimate of drug-likeness (QED) is 0.842. The summed E-state index contributed by atoms with van der Waals surface area (Å²) in [7, 11) is -3.51. The Bertz CT molecular complexity index is 720. The lowest BCUT2D eigenvalue weighted by Crippen LogP contribution is -2.22. The van der Waals surface area contributed by atoms with Gasteiger partial charge in [0.25, 0.3) is 0 Å². The highest BCUT2D eigenvalue weighted by molar-refractivity contribution is 7.92. The molecule has 9 heteroatoms. The van der Waals surface area contributed by atoms with E-state index >= 15 is 0 Å². The average molecular weight is 318 g/mol. The van der Waals surface area contributed by atoms with E-state index in [0.717, 1.165) is 0 Å². The van der Waals surface area contributed by atoms with Crippen LogP contribution in [0.25, 0.3) is 11.2 Å². The van der Waals surface area contributed by atoms with Gasteiger partial charge in [0.05, 0.1) is 12.1 Å². The molecular formula is C11H16ClN5O2S. The van der Waals surface area contributed by atoms with E-state index in [-0.39, 0.29) is 22.3 Å². The summed E-state index contributed by atoms with van der Waals surface area (Å²) in [5.41, 5.74) is 0.724. The van der Waals surface area contributed by atoms with Crippen LogP contribution in [0.5, 0.6) is 0 Å². The molecule has 0 spiro atoms. The van der Waals surface area contributed by atoms with Gasteiger partial charge >= 0.3 is 0 Å². The minimum atomic E-state index is -3.51. The lowest BCUT2D eigenvalue weighted by Gasteiger charge is -2.17. The van der Waals surface area contributed by atoms with Crippen LogP contribution >= 0.6 is 11.6 Å². The lowest BCUT2D eigenvalue weighted by molar-refractivity contribution is 0.397. The van der Waals surface area contributed by atoms with Gasteiger partial charge in [0, 0.05) is 0 Å². The van der Waals surface area contributed by atoms with E-state index in [9.17, 15) is 8.42 Å². The van der Waals surface area contributed by atoms with Gasteiger partial charge in [0.2, 0.25) is 16.0 Å². The van der Waals surface area contributed by atoms with Crippen molar-refractivity contribution in [2.75, 3.05) is 10.5 Å². The molecule has 0 bridgehead atoms. The molecule has 0 aromatic carbocycles. The zero-order valence-corrected chi connectivity index (χ0v) is 13.0. The molecule has 0 aliphatic heterocycles. The van der Waals surface area contributed by atoms with Crippen LogP contribution in [-0.4, -0.2) is 34.1 Å². The predicted octanol–water partition coefficient (Wildman–Crippen LogP) is 2.18. The molecule has 7 nitrogen and oxygen atoms in total. The third-order valence-corrected chi connectivity index (χ3v) is 4.12. The van der Waals surface area contributed by atoms with Crippen LogP contribution in [0.15, 0.2) is 6.33 Å². The maximum atomic E-state index is 12.0. The van der Waals surface area contributed by atoms with Crippen molar-refractivity contribution in [1.29, 1.82) is 0 Å². The number of fused-ring (bicyclic) bond motifs is 1. The normalized spacial score (nSPS) is 12.8. The van der Waals surface area contributed by atoms with Gasteiger partial charge in [0.1, 0.15) is 5.52 Å². The Morgan fingerprint density at radius 2 is 2.05 bits per heavy atom. The molecular weight excluding hydrogens is 302 g/mol. The van der Waals surface area contributed by atoms with Crippen LogP contribution in [0.2, 0.25) is 5.15 Å². The fraction of sp³-hybridized carbons (Fsp3) is 0.545. The lowest BCUT2D eigenvalue weighted by atomic mass is 9.94. The minimum Gasteiger partial charge on any atom is -0.341 e. The van der Waals surface area contributed by atoms with Crippen molar-refractivity contribution in [2.45, 2.75) is 27.2 Å². The second kappa shape index (κ2) is 5.17. The Kier molecular flexibility index (Phi) is 3.88. The van der Waals surface area contributed by atoms with E-state index in [1.54, 1.807) is 0 Å². The Hall–Kier alpha value is -1.41. The number of imidazole rings is 1. The molecule has 2 rings (SSSR count). The summed E-state index contributed by atoms with van der Waals surface area (Å²) in [6.45, 7) is 5.93. The number of rotatable bonds is 4. The standard InChI is InChI=1S/C11H16ClN5O2S/c1-11(2,3)4-5-20(18,19)17-10-15-8(12)7-9(16-10)14-6-13-7/h6H,4-5H2,1-3H3,(H2,13,14,15,16,17). The summed E-state index contributed by atoms with van der Waals surface area (Å²) in [5.74, 6) is -0.0701. The molecule has 2 aromatic heterocycles. The third kappa shape index (κ3) is 3.80. The molecule has 0 unspecified atom stereocenters. The number of anilines is 1. The molecule has 20 heavy (non-hydrogen) atoms. The van der Waals surface area contributed by atoms with Gasteiger partial charge in [-0.2, -0.15) is 9.97 Å². The van der Waals surface area contributed by atoms with E-state index in [1.165, 1.54) is 6.33 Å². The van der Waals surface area contributed by atoms with Crippen molar-refractivity contribution in [3.63, 3.8) is 0 Å². The fourth-order valence-electron chi connectivity index (χ4n) is 1.47. The number of halogens is 1. The van der Waals surface area contributed by atoms with Crippen LogP contribution in [0.1, 0.15) is 27.2 Å². The van der Waals surface area contributed by atoms with Gasteiger partial charge in [0.15, 0.2) is 10.8 Å². The van der Waals surface area contributed by atoms with Crippen LogP contribution in [-0.2, 0) is 10.0 Å². The van der Waals surface area contributed by atoms with Gasteiger partial charge in [-0.15, -0.1) is 0 Å². The summed E-state index contributed by atoms with van der Waals surface area (Å²) in [6, 6.07) is 0. The van der Waals surface area contributed by atoms with Crippen LogP contribution in [0.3, 0.4) is 0 Å². The van der Waals surface area contributed by atoms with Crippen molar-refractivity contribution in [1.82, 2.24) is 19.9 Å². The van der Waals surface area contributed by atoms with E-state index in [2.05, 4.69) is 24.7 Å². The van der Waals surface area contributed by atoms with Gasteiger partial charge in [-0.1, -0.05) is 32.4 Å². The smallest absolute Gasteiger partial charge is 0.240 e. The Balaban J connectivity index is 2.18. The molecule has 0 amide bonds. The average Bonchev–Trinajstić information content (AvgIpc) is 2.73. The van der Waals surface area contributed by atoms with Crippen LogP contribution in [0, 0.1) is 5.41 Å². The second-order valence-corrected chi connectivity index (χ2v) is 7.87. The number of hydrogen-bond acceptors (Lipinski definition) is 5. The first-order valence-corrected chi connectivity index (χ1v) is 8.06. The maximum absolute atomic E-state index is 12.0. The summed E-state index contributed by atoms with van der Waals surface area (Å²) in [6.07, 6.45) is 1.95. The van der Waals surface area contributed by atoms with Gasteiger partial charge < -0.3 is 4.98 Å². The molecule has 2 N–H and O–H groups in total. The zero-order valence-electron chi connectivity index (χ0n) is 11.4. The molecule has 2 heterocycles. The zero-order chi connectivity index (χ0) is 15.0. The van der Waals surface area contributed by atoms with E-state index < -0.39 is 10.0 Å². The Morgan fingerprint density at radius 3 is 2.70 bits per heavy atom. The van der Waals surface area contributed by atoms with E-state index in [1.807, 2.05) is 20.8 Å². The van der Waals surface area contributed by atoms with Crippen molar-refractivity contribution in [3.8, 4) is 0 Å². The number of aromatic nitrogens is 4. The largest absolute Gasteiger partial charge is 0.341 e. The monoisotopic (exact) mass is 317 g/mol. The van der Waals surface area contributed by atoms with Gasteiger partial charge in [-0.25, -0.2) is 13.4 Å². The van der Waals surface area contributed by atoms with Gasteiger partial charge in [-0.3, -0.25) is 4.72 Å². The molecule has 0 aliphatic rings. The first-order chi connectivity index (χ1) is 9.16. The Morgan fingerprint density at radius 1 is 1.35 bits per heavy atom. The van der Waals surface area contributed by atoms with Crippen LogP contribution in [0.4, 0.5) is 5.95 Å². The number of nitrogens with zero attached hydrogens (tertiary/aromatic N) is 3. The van der Waals surface area contributed by atoms with E-state index in [4.69, 9.17) is 11.6 Å². The molecule has 2 aromatic rings. The highest BCUT2D eigenvalue weighted by atomic mass is 35.5. The third-order valence-electron chi connectivity index (χ3n) is 2.61. The number of hydrogen-bond donors (Lipinski definition) is 2. The minimum absolute atomic E-state index is 0.00389. The highest BCUT2D eigenvalue weighted by Gasteiger charge is 2.19. The highest BCUT2D eigenvalue weighted by Crippen LogP contribution is 2.21. The van der Waals surface area contributed by atoms with Crippen molar-refractivity contribution in [2.24, 2.45) is 5.41 Å². The van der Waals surface area contributed by atoms with Crippen molar-refractivity contribution >= 4 is 38.7 Å². The number of aromatic amines is 1. The summed E-state index contributed by atoms with van der Waals surface area (Å²) in [4.78, 5) is 14.6. The fourth-order valence-corrected chi connectivity index (χ4v) is 3.05. The molecule has 0 saturated carbocycles. The molecule has 0 atom stereocenters. The SMILES string of the molecule is CC(C)(C)CCS(=O)(=O)Nc1nc(Cl)c2[nH]cnc2n1. The van der Waals surface area contributed by atoms with Crippen molar-refractivity contribution in [3.05, 3.63) is 11.5 Å².